The highest BCUT2D eigenvalue weighted by Crippen LogP contribution is 2.11. The van der Waals surface area contributed by atoms with Gasteiger partial charge in [0.1, 0.15) is 5.75 Å². The maximum atomic E-state index is 11.8. The fourth-order valence-electron chi connectivity index (χ4n) is 2.23. The number of nitrogens with zero attached hydrogens (tertiary/aromatic N) is 1. The van der Waals surface area contributed by atoms with Gasteiger partial charge in [-0.15, -0.1) is 0 Å². The molecule has 1 aromatic carbocycles. The maximum absolute atomic E-state index is 11.8. The molecule has 0 atom stereocenters. The van der Waals surface area contributed by atoms with Gasteiger partial charge in [0.05, 0.1) is 7.11 Å². The van der Waals surface area contributed by atoms with Gasteiger partial charge in [-0.1, -0.05) is 18.2 Å². The van der Waals surface area contributed by atoms with E-state index in [1.807, 2.05) is 42.6 Å². The van der Waals surface area contributed by atoms with Crippen LogP contribution in [0.5, 0.6) is 5.75 Å². The molecule has 0 saturated heterocycles. The second-order valence-electron chi connectivity index (χ2n) is 5.16. The molecule has 1 N–H and O–H groups in total. The first-order valence-corrected chi connectivity index (χ1v) is 7.56. The van der Waals surface area contributed by atoms with Gasteiger partial charge in [0, 0.05) is 25.4 Å². The van der Waals surface area contributed by atoms with E-state index in [1.165, 1.54) is 11.1 Å². The molecule has 4 nitrogen and oxygen atoms in total. The topological polar surface area (TPSA) is 51.2 Å². The fourth-order valence-corrected chi connectivity index (χ4v) is 2.23. The molecule has 0 radical (unpaired) electrons. The van der Waals surface area contributed by atoms with Crippen LogP contribution < -0.4 is 10.1 Å². The van der Waals surface area contributed by atoms with E-state index in [0.717, 1.165) is 25.0 Å². The zero-order valence-corrected chi connectivity index (χ0v) is 12.9. The molecule has 2 aromatic rings. The van der Waals surface area contributed by atoms with Crippen LogP contribution in [0.1, 0.15) is 24.0 Å². The molecule has 1 amide bonds. The first kappa shape index (κ1) is 16.0. The third kappa shape index (κ3) is 5.56. The molecular weight excluding hydrogens is 276 g/mol. The van der Waals surface area contributed by atoms with Gasteiger partial charge >= 0.3 is 0 Å². The van der Waals surface area contributed by atoms with E-state index in [4.69, 9.17) is 4.74 Å². The van der Waals surface area contributed by atoms with Crippen molar-refractivity contribution >= 4 is 5.91 Å². The Kier molecular flexibility index (Phi) is 6.42. The molecule has 0 aliphatic heterocycles. The minimum absolute atomic E-state index is 0.109. The number of ether oxygens (including phenoxy) is 1. The Morgan fingerprint density at radius 1 is 1.14 bits per heavy atom. The molecule has 116 valence electrons. The fraction of sp³-hybridized carbons (Fsp3) is 0.333. The summed E-state index contributed by atoms with van der Waals surface area (Å²) in [5.74, 6) is 0.959. The summed E-state index contributed by atoms with van der Waals surface area (Å²) >= 11 is 0. The van der Waals surface area contributed by atoms with E-state index >= 15 is 0 Å². The van der Waals surface area contributed by atoms with Gasteiger partial charge in [-0.3, -0.25) is 9.78 Å². The van der Waals surface area contributed by atoms with Crippen LogP contribution in [0.4, 0.5) is 0 Å². The van der Waals surface area contributed by atoms with Crippen LogP contribution >= 0.6 is 0 Å². The number of carbonyl (C=O) groups excluding carboxylic acids is 1. The highest BCUT2D eigenvalue weighted by Gasteiger charge is 2.02. The standard InChI is InChI=1S/C18H22N2O2/c1-22-17-9-7-15(8-10-17)11-13-20-18(21)6-2-4-16-5-3-12-19-14-16/h3,5,7-10,12,14H,2,4,6,11,13H2,1H3,(H,20,21). The lowest BCUT2D eigenvalue weighted by Crippen LogP contribution is -2.25. The van der Waals surface area contributed by atoms with Crippen molar-refractivity contribution in [1.29, 1.82) is 0 Å². The molecule has 0 saturated carbocycles. The first-order chi connectivity index (χ1) is 10.8. The van der Waals surface area contributed by atoms with Crippen molar-refractivity contribution < 1.29 is 9.53 Å². The monoisotopic (exact) mass is 298 g/mol. The lowest BCUT2D eigenvalue weighted by atomic mass is 10.1. The number of carbonyl (C=O) groups is 1. The summed E-state index contributed by atoms with van der Waals surface area (Å²) < 4.78 is 5.12. The molecular formula is C18H22N2O2. The van der Waals surface area contributed by atoms with E-state index in [0.29, 0.717) is 13.0 Å². The predicted octanol–water partition coefficient (Wildman–Crippen LogP) is 2.77. The molecule has 0 spiro atoms. The van der Waals surface area contributed by atoms with E-state index in [2.05, 4.69) is 10.3 Å². The van der Waals surface area contributed by atoms with Crippen molar-refractivity contribution in [3.05, 3.63) is 59.9 Å². The molecule has 22 heavy (non-hydrogen) atoms. The maximum Gasteiger partial charge on any atom is 0.220 e. The second-order valence-corrected chi connectivity index (χ2v) is 5.16. The lowest BCUT2D eigenvalue weighted by Gasteiger charge is -2.06. The van der Waals surface area contributed by atoms with Gasteiger partial charge in [0.15, 0.2) is 0 Å². The minimum atomic E-state index is 0.109. The number of hydrogen-bond donors (Lipinski definition) is 1. The predicted molar refractivity (Wildman–Crippen MR) is 86.9 cm³/mol. The van der Waals surface area contributed by atoms with Crippen molar-refractivity contribution in [2.75, 3.05) is 13.7 Å². The van der Waals surface area contributed by atoms with Gasteiger partial charge in [0.2, 0.25) is 5.91 Å². The smallest absolute Gasteiger partial charge is 0.220 e. The molecule has 0 unspecified atom stereocenters. The molecule has 0 bridgehead atoms. The Morgan fingerprint density at radius 2 is 1.95 bits per heavy atom. The summed E-state index contributed by atoms with van der Waals surface area (Å²) in [5.41, 5.74) is 2.37. The number of pyridine rings is 1. The number of benzene rings is 1. The van der Waals surface area contributed by atoms with E-state index in [-0.39, 0.29) is 5.91 Å². The van der Waals surface area contributed by atoms with Crippen molar-refractivity contribution in [2.24, 2.45) is 0 Å². The summed E-state index contributed by atoms with van der Waals surface area (Å²) in [6.45, 7) is 0.665. The number of nitrogens with one attached hydrogen (secondary N) is 1. The number of amides is 1. The Balaban J connectivity index is 1.61. The molecule has 1 aromatic heterocycles. The minimum Gasteiger partial charge on any atom is -0.497 e. The highest BCUT2D eigenvalue weighted by atomic mass is 16.5. The lowest BCUT2D eigenvalue weighted by molar-refractivity contribution is -0.121. The van der Waals surface area contributed by atoms with E-state index < -0.39 is 0 Å². The highest BCUT2D eigenvalue weighted by molar-refractivity contribution is 5.75. The summed E-state index contributed by atoms with van der Waals surface area (Å²) in [4.78, 5) is 15.8. The quantitative estimate of drug-likeness (QED) is 0.815. The number of aromatic nitrogens is 1. The normalized spacial score (nSPS) is 10.2. The average Bonchev–Trinajstić information content (AvgIpc) is 2.56. The Labute approximate surface area is 131 Å². The van der Waals surface area contributed by atoms with Crippen LogP contribution in [0.25, 0.3) is 0 Å². The van der Waals surface area contributed by atoms with E-state index in [9.17, 15) is 4.79 Å². The molecule has 0 fully saturated rings. The molecule has 4 heteroatoms. The summed E-state index contributed by atoms with van der Waals surface area (Å²) in [6.07, 6.45) is 6.73. The summed E-state index contributed by atoms with van der Waals surface area (Å²) in [7, 11) is 1.65. The number of methoxy groups -OCH3 is 1. The van der Waals surface area contributed by atoms with Crippen molar-refractivity contribution in [3.8, 4) is 5.75 Å². The van der Waals surface area contributed by atoms with Gasteiger partial charge in [-0.25, -0.2) is 0 Å². The van der Waals surface area contributed by atoms with Crippen LogP contribution in [0, 0.1) is 0 Å². The third-order valence-electron chi connectivity index (χ3n) is 3.49. The number of rotatable bonds is 8. The third-order valence-corrected chi connectivity index (χ3v) is 3.49. The van der Waals surface area contributed by atoms with Gasteiger partial charge in [0.25, 0.3) is 0 Å². The average molecular weight is 298 g/mol. The number of aryl methyl sites for hydroxylation is 1. The molecule has 1 heterocycles. The first-order valence-electron chi connectivity index (χ1n) is 7.56. The Bertz CT molecular complexity index is 567. The van der Waals surface area contributed by atoms with E-state index in [1.54, 1.807) is 13.3 Å². The van der Waals surface area contributed by atoms with Crippen molar-refractivity contribution in [1.82, 2.24) is 10.3 Å². The Morgan fingerprint density at radius 3 is 2.64 bits per heavy atom. The van der Waals surface area contributed by atoms with Crippen LogP contribution in [-0.2, 0) is 17.6 Å². The summed E-state index contributed by atoms with van der Waals surface area (Å²) in [6, 6.07) is 11.9. The Hall–Kier alpha value is -2.36. The van der Waals surface area contributed by atoms with Crippen molar-refractivity contribution in [2.45, 2.75) is 25.7 Å². The molecule has 0 aliphatic rings. The van der Waals surface area contributed by atoms with Crippen LogP contribution in [-0.4, -0.2) is 24.5 Å². The summed E-state index contributed by atoms with van der Waals surface area (Å²) in [5, 5.41) is 2.96. The second kappa shape index (κ2) is 8.82. The van der Waals surface area contributed by atoms with Crippen LogP contribution in [0.2, 0.25) is 0 Å². The zero-order valence-electron chi connectivity index (χ0n) is 12.9. The molecule has 2 rings (SSSR count). The van der Waals surface area contributed by atoms with Crippen molar-refractivity contribution in [3.63, 3.8) is 0 Å². The van der Waals surface area contributed by atoms with Crippen LogP contribution in [0.15, 0.2) is 48.8 Å². The van der Waals surface area contributed by atoms with Gasteiger partial charge in [-0.2, -0.15) is 0 Å². The molecule has 0 aliphatic carbocycles. The SMILES string of the molecule is COc1ccc(CCNC(=O)CCCc2cccnc2)cc1. The van der Waals surface area contributed by atoms with Crippen LogP contribution in [0.3, 0.4) is 0 Å². The van der Waals surface area contributed by atoms with Gasteiger partial charge in [-0.05, 0) is 48.6 Å². The zero-order chi connectivity index (χ0) is 15.6. The van der Waals surface area contributed by atoms with Gasteiger partial charge < -0.3 is 10.1 Å². The largest absolute Gasteiger partial charge is 0.497 e. The number of hydrogen-bond acceptors (Lipinski definition) is 3.